The Balaban J connectivity index is 2.05. The third-order valence-corrected chi connectivity index (χ3v) is 4.14. The molecular weight excluding hydrogens is 252 g/mol. The lowest BCUT2D eigenvalue weighted by Crippen LogP contribution is -2.23. The van der Waals surface area contributed by atoms with Gasteiger partial charge in [-0.25, -0.2) is 9.78 Å². The fraction of sp³-hybridized carbons (Fsp3) is 0.375. The SMILES string of the molecule is CC1CCCC1Nc1nc(C(=O)O)cc2ccccc12. The van der Waals surface area contributed by atoms with Gasteiger partial charge in [-0.2, -0.15) is 0 Å². The summed E-state index contributed by atoms with van der Waals surface area (Å²) >= 11 is 0. The summed E-state index contributed by atoms with van der Waals surface area (Å²) in [5.74, 6) is 0.307. The van der Waals surface area contributed by atoms with E-state index in [4.69, 9.17) is 0 Å². The van der Waals surface area contributed by atoms with Crippen molar-refractivity contribution in [1.29, 1.82) is 0 Å². The largest absolute Gasteiger partial charge is 0.477 e. The highest BCUT2D eigenvalue weighted by molar-refractivity contribution is 5.97. The number of carbonyl (C=O) groups is 1. The monoisotopic (exact) mass is 270 g/mol. The molecular formula is C16H18N2O2. The number of aromatic carboxylic acids is 1. The average molecular weight is 270 g/mol. The summed E-state index contributed by atoms with van der Waals surface area (Å²) in [5.41, 5.74) is 0.0943. The third kappa shape index (κ3) is 2.33. The molecule has 1 heterocycles. The van der Waals surface area contributed by atoms with Crippen molar-refractivity contribution < 1.29 is 9.90 Å². The van der Waals surface area contributed by atoms with Crippen LogP contribution in [-0.4, -0.2) is 22.1 Å². The Labute approximate surface area is 117 Å². The van der Waals surface area contributed by atoms with Crippen LogP contribution in [0.2, 0.25) is 0 Å². The molecule has 1 aromatic heterocycles. The molecule has 1 fully saturated rings. The molecule has 4 heteroatoms. The van der Waals surface area contributed by atoms with E-state index in [-0.39, 0.29) is 5.69 Å². The number of carboxylic acids is 1. The Morgan fingerprint density at radius 1 is 1.35 bits per heavy atom. The predicted octanol–water partition coefficient (Wildman–Crippen LogP) is 3.53. The molecule has 1 saturated carbocycles. The number of nitrogens with one attached hydrogen (secondary N) is 1. The molecule has 1 aliphatic carbocycles. The smallest absolute Gasteiger partial charge is 0.354 e. The Morgan fingerprint density at radius 2 is 2.15 bits per heavy atom. The number of aromatic nitrogens is 1. The fourth-order valence-electron chi connectivity index (χ4n) is 2.95. The molecule has 3 rings (SSSR count). The van der Waals surface area contributed by atoms with E-state index in [1.807, 2.05) is 24.3 Å². The van der Waals surface area contributed by atoms with E-state index in [9.17, 15) is 9.90 Å². The second kappa shape index (κ2) is 5.12. The topological polar surface area (TPSA) is 62.2 Å². The van der Waals surface area contributed by atoms with Gasteiger partial charge < -0.3 is 10.4 Å². The molecule has 1 aromatic carbocycles. The molecule has 0 bridgehead atoms. The van der Waals surface area contributed by atoms with E-state index in [0.717, 1.165) is 17.2 Å². The molecule has 2 unspecified atom stereocenters. The number of hydrogen-bond acceptors (Lipinski definition) is 3. The summed E-state index contributed by atoms with van der Waals surface area (Å²) in [5, 5.41) is 14.5. The predicted molar refractivity (Wildman–Crippen MR) is 79.1 cm³/mol. The Hall–Kier alpha value is -2.10. The van der Waals surface area contributed by atoms with Gasteiger partial charge in [-0.1, -0.05) is 37.6 Å². The molecule has 0 aliphatic heterocycles. The lowest BCUT2D eigenvalue weighted by Gasteiger charge is -2.19. The maximum absolute atomic E-state index is 11.2. The summed E-state index contributed by atoms with van der Waals surface area (Å²) in [6.45, 7) is 2.23. The number of fused-ring (bicyclic) bond motifs is 1. The van der Waals surface area contributed by atoms with Crippen LogP contribution in [0.15, 0.2) is 30.3 Å². The minimum atomic E-state index is -0.988. The van der Waals surface area contributed by atoms with Gasteiger partial charge in [0.25, 0.3) is 0 Å². The Morgan fingerprint density at radius 3 is 2.85 bits per heavy atom. The van der Waals surface area contributed by atoms with Gasteiger partial charge in [0, 0.05) is 11.4 Å². The number of rotatable bonds is 3. The quantitative estimate of drug-likeness (QED) is 0.895. The van der Waals surface area contributed by atoms with Crippen LogP contribution < -0.4 is 5.32 Å². The second-order valence-corrected chi connectivity index (χ2v) is 5.54. The van der Waals surface area contributed by atoms with Crippen molar-refractivity contribution in [3.63, 3.8) is 0 Å². The molecule has 2 N–H and O–H groups in total. The first-order valence-corrected chi connectivity index (χ1v) is 7.05. The second-order valence-electron chi connectivity index (χ2n) is 5.54. The maximum Gasteiger partial charge on any atom is 0.354 e. The van der Waals surface area contributed by atoms with E-state index in [1.54, 1.807) is 6.07 Å². The number of pyridine rings is 1. The number of nitrogens with zero attached hydrogens (tertiary/aromatic N) is 1. The third-order valence-electron chi connectivity index (χ3n) is 4.14. The molecule has 20 heavy (non-hydrogen) atoms. The Bertz CT molecular complexity index is 654. The highest BCUT2D eigenvalue weighted by Crippen LogP contribution is 2.30. The molecule has 0 radical (unpaired) electrons. The van der Waals surface area contributed by atoms with Crippen LogP contribution in [0.4, 0.5) is 5.82 Å². The van der Waals surface area contributed by atoms with Gasteiger partial charge in [0.15, 0.2) is 5.69 Å². The van der Waals surface area contributed by atoms with Crippen molar-refractivity contribution in [2.75, 3.05) is 5.32 Å². The molecule has 4 nitrogen and oxygen atoms in total. The minimum Gasteiger partial charge on any atom is -0.477 e. The minimum absolute atomic E-state index is 0.0943. The Kier molecular flexibility index (Phi) is 3.30. The van der Waals surface area contributed by atoms with Crippen LogP contribution in [0.1, 0.15) is 36.7 Å². The van der Waals surface area contributed by atoms with Crippen molar-refractivity contribution in [3.05, 3.63) is 36.0 Å². The zero-order valence-electron chi connectivity index (χ0n) is 11.5. The summed E-state index contributed by atoms with van der Waals surface area (Å²) in [6, 6.07) is 9.78. The summed E-state index contributed by atoms with van der Waals surface area (Å²) < 4.78 is 0. The zero-order chi connectivity index (χ0) is 14.1. The molecule has 1 aliphatic rings. The molecule has 2 atom stereocenters. The lowest BCUT2D eigenvalue weighted by molar-refractivity contribution is 0.0691. The van der Waals surface area contributed by atoms with E-state index in [2.05, 4.69) is 17.2 Å². The first-order chi connectivity index (χ1) is 9.65. The molecule has 104 valence electrons. The fourth-order valence-corrected chi connectivity index (χ4v) is 2.95. The van der Waals surface area contributed by atoms with Gasteiger partial charge in [-0.15, -0.1) is 0 Å². The summed E-state index contributed by atoms with van der Waals surface area (Å²) in [7, 11) is 0. The zero-order valence-corrected chi connectivity index (χ0v) is 11.5. The van der Waals surface area contributed by atoms with Crippen LogP contribution in [0.25, 0.3) is 10.8 Å². The van der Waals surface area contributed by atoms with Gasteiger partial charge in [-0.05, 0) is 30.2 Å². The van der Waals surface area contributed by atoms with E-state index >= 15 is 0 Å². The molecule has 0 saturated heterocycles. The summed E-state index contributed by atoms with van der Waals surface area (Å²) in [4.78, 5) is 15.5. The highest BCUT2D eigenvalue weighted by Gasteiger charge is 2.24. The normalized spacial score (nSPS) is 22.1. The van der Waals surface area contributed by atoms with Crippen molar-refractivity contribution in [3.8, 4) is 0 Å². The number of carboxylic acid groups (broad SMARTS) is 1. The van der Waals surface area contributed by atoms with Gasteiger partial charge in [0.05, 0.1) is 0 Å². The number of benzene rings is 1. The average Bonchev–Trinajstić information content (AvgIpc) is 2.84. The van der Waals surface area contributed by atoms with Crippen LogP contribution in [0, 0.1) is 5.92 Å². The lowest BCUT2D eigenvalue weighted by atomic mass is 10.1. The van der Waals surface area contributed by atoms with E-state index < -0.39 is 5.97 Å². The van der Waals surface area contributed by atoms with Gasteiger partial charge in [0.2, 0.25) is 0 Å². The number of anilines is 1. The van der Waals surface area contributed by atoms with Crippen LogP contribution >= 0.6 is 0 Å². The van der Waals surface area contributed by atoms with Crippen molar-refractivity contribution in [2.45, 2.75) is 32.2 Å². The van der Waals surface area contributed by atoms with Crippen molar-refractivity contribution in [2.24, 2.45) is 5.92 Å². The van der Waals surface area contributed by atoms with E-state index in [1.165, 1.54) is 12.8 Å². The molecule has 2 aromatic rings. The number of hydrogen-bond donors (Lipinski definition) is 2. The molecule has 0 spiro atoms. The van der Waals surface area contributed by atoms with Crippen LogP contribution in [0.5, 0.6) is 0 Å². The first-order valence-electron chi connectivity index (χ1n) is 7.05. The van der Waals surface area contributed by atoms with Gasteiger partial charge in [-0.3, -0.25) is 0 Å². The van der Waals surface area contributed by atoms with E-state index in [0.29, 0.717) is 17.8 Å². The van der Waals surface area contributed by atoms with Crippen molar-refractivity contribution in [1.82, 2.24) is 4.98 Å². The van der Waals surface area contributed by atoms with Crippen molar-refractivity contribution >= 4 is 22.6 Å². The maximum atomic E-state index is 11.2. The first kappa shape index (κ1) is 12.9. The van der Waals surface area contributed by atoms with Crippen LogP contribution in [-0.2, 0) is 0 Å². The molecule has 0 amide bonds. The van der Waals surface area contributed by atoms with Gasteiger partial charge >= 0.3 is 5.97 Å². The highest BCUT2D eigenvalue weighted by atomic mass is 16.4. The summed E-state index contributed by atoms with van der Waals surface area (Å²) in [6.07, 6.45) is 3.55. The standard InChI is InChI=1S/C16H18N2O2/c1-10-5-4-8-13(10)17-15-12-7-3-2-6-11(12)9-14(18-15)16(19)20/h2-3,6-7,9-10,13H,4-5,8H2,1H3,(H,17,18)(H,19,20). The van der Waals surface area contributed by atoms with Crippen LogP contribution in [0.3, 0.4) is 0 Å². The van der Waals surface area contributed by atoms with Gasteiger partial charge in [0.1, 0.15) is 5.82 Å².